The summed E-state index contributed by atoms with van der Waals surface area (Å²) in [5, 5.41) is 13.9. The highest BCUT2D eigenvalue weighted by Gasteiger charge is 2.31. The van der Waals surface area contributed by atoms with Crippen LogP contribution in [0.2, 0.25) is 0 Å². The fraction of sp³-hybridized carbons (Fsp3) is 0.292. The highest BCUT2D eigenvalue weighted by atomic mass is 19.1. The Hall–Kier alpha value is -3.73. The second kappa shape index (κ2) is 8.08. The zero-order valence-electron chi connectivity index (χ0n) is 17.4. The molecule has 2 heterocycles. The Morgan fingerprint density at radius 1 is 1.00 bits per heavy atom. The van der Waals surface area contributed by atoms with Crippen LogP contribution in [0.1, 0.15) is 33.7 Å². The first-order valence-corrected chi connectivity index (χ1v) is 10.7. The van der Waals surface area contributed by atoms with Crippen molar-refractivity contribution in [3.63, 3.8) is 0 Å². The van der Waals surface area contributed by atoms with Gasteiger partial charge in [0, 0.05) is 37.4 Å². The molecule has 1 amide bonds. The average molecular weight is 433 g/mol. The zero-order chi connectivity index (χ0) is 22.2. The van der Waals surface area contributed by atoms with Crippen molar-refractivity contribution in [2.45, 2.75) is 19.3 Å². The Labute approximate surface area is 184 Å². The minimum absolute atomic E-state index is 0.0307. The van der Waals surface area contributed by atoms with Crippen LogP contribution >= 0.6 is 0 Å². The average Bonchev–Trinajstić information content (AvgIpc) is 3.42. The quantitative estimate of drug-likeness (QED) is 0.635. The molecule has 2 aromatic carbocycles. The summed E-state index contributed by atoms with van der Waals surface area (Å²) in [6.07, 6.45) is 2.59. The van der Waals surface area contributed by atoms with Gasteiger partial charge in [-0.2, -0.15) is 10.4 Å². The number of piperazine rings is 1. The lowest BCUT2D eigenvalue weighted by Crippen LogP contribution is -2.49. The van der Waals surface area contributed by atoms with Crippen LogP contribution in [0.15, 0.2) is 42.5 Å². The molecule has 1 aliphatic carbocycles. The summed E-state index contributed by atoms with van der Waals surface area (Å²) in [6.45, 7) is 1.92. The predicted octanol–water partition coefficient (Wildman–Crippen LogP) is 3.47. The summed E-state index contributed by atoms with van der Waals surface area (Å²) in [7, 11) is 0. The lowest BCUT2D eigenvalue weighted by Gasteiger charge is -2.36. The number of rotatable bonds is 3. The maximum absolute atomic E-state index is 14.0. The Morgan fingerprint density at radius 3 is 2.47 bits per heavy atom. The number of hydrogen-bond donors (Lipinski definition) is 0. The molecule has 5 rings (SSSR count). The van der Waals surface area contributed by atoms with Gasteiger partial charge in [0.2, 0.25) is 0 Å². The highest BCUT2D eigenvalue weighted by molar-refractivity contribution is 5.94. The van der Waals surface area contributed by atoms with E-state index in [9.17, 15) is 18.8 Å². The van der Waals surface area contributed by atoms with Crippen LogP contribution in [-0.4, -0.2) is 46.8 Å². The molecule has 0 bridgehead atoms. The van der Waals surface area contributed by atoms with Crippen LogP contribution in [0.4, 0.5) is 14.5 Å². The zero-order valence-corrected chi connectivity index (χ0v) is 17.4. The third-order valence-electron chi connectivity index (χ3n) is 6.21. The molecule has 2 aliphatic rings. The smallest absolute Gasteiger partial charge is 0.274 e. The molecular weight excluding hydrogens is 412 g/mol. The van der Waals surface area contributed by atoms with Gasteiger partial charge >= 0.3 is 0 Å². The number of nitriles is 1. The molecule has 8 heteroatoms. The van der Waals surface area contributed by atoms with Crippen LogP contribution in [0.5, 0.6) is 0 Å². The summed E-state index contributed by atoms with van der Waals surface area (Å²) in [5.41, 5.74) is 3.77. The summed E-state index contributed by atoms with van der Waals surface area (Å²) in [6, 6.07) is 12.7. The van der Waals surface area contributed by atoms with Crippen molar-refractivity contribution >= 4 is 11.6 Å². The molecule has 1 fully saturated rings. The minimum Gasteiger partial charge on any atom is -0.367 e. The van der Waals surface area contributed by atoms with E-state index in [-0.39, 0.29) is 17.3 Å². The fourth-order valence-corrected chi connectivity index (χ4v) is 4.59. The van der Waals surface area contributed by atoms with Crippen molar-refractivity contribution in [2.24, 2.45) is 0 Å². The van der Waals surface area contributed by atoms with E-state index in [4.69, 9.17) is 0 Å². The van der Waals surface area contributed by atoms with Crippen molar-refractivity contribution in [1.82, 2.24) is 14.7 Å². The second-order valence-corrected chi connectivity index (χ2v) is 8.04. The number of amides is 1. The lowest BCUT2D eigenvalue weighted by atomic mass is 10.1. The Kier molecular flexibility index (Phi) is 5.10. The summed E-state index contributed by atoms with van der Waals surface area (Å²) in [5.74, 6) is -0.974. The van der Waals surface area contributed by atoms with Gasteiger partial charge in [-0.05, 0) is 55.7 Å². The van der Waals surface area contributed by atoms with Crippen LogP contribution in [-0.2, 0) is 12.8 Å². The molecule has 0 N–H and O–H groups in total. The topological polar surface area (TPSA) is 65.2 Å². The van der Waals surface area contributed by atoms with E-state index in [1.807, 2.05) is 11.0 Å². The molecule has 162 valence electrons. The first-order valence-electron chi connectivity index (χ1n) is 10.7. The Balaban J connectivity index is 1.37. The third-order valence-corrected chi connectivity index (χ3v) is 6.21. The molecule has 0 unspecified atom stereocenters. The highest BCUT2D eigenvalue weighted by Crippen LogP contribution is 2.29. The van der Waals surface area contributed by atoms with Crippen molar-refractivity contribution in [1.29, 1.82) is 5.26 Å². The lowest BCUT2D eigenvalue weighted by molar-refractivity contribution is 0.0739. The number of carbonyl (C=O) groups excluding carboxylic acids is 1. The van der Waals surface area contributed by atoms with Gasteiger partial charge in [-0.1, -0.05) is 6.07 Å². The predicted molar refractivity (Wildman–Crippen MR) is 115 cm³/mol. The van der Waals surface area contributed by atoms with Crippen molar-refractivity contribution < 1.29 is 13.6 Å². The van der Waals surface area contributed by atoms with E-state index >= 15 is 0 Å². The molecule has 0 radical (unpaired) electrons. The molecule has 0 spiro atoms. The fourth-order valence-electron chi connectivity index (χ4n) is 4.59. The van der Waals surface area contributed by atoms with E-state index in [0.717, 1.165) is 36.2 Å². The molecule has 1 aromatic heterocycles. The number of benzene rings is 2. The Bertz CT molecular complexity index is 1220. The van der Waals surface area contributed by atoms with E-state index in [1.54, 1.807) is 33.8 Å². The first-order chi connectivity index (χ1) is 15.6. The number of halogens is 2. The number of aromatic nitrogens is 2. The normalized spacial score (nSPS) is 15.5. The molecule has 1 saturated heterocycles. The van der Waals surface area contributed by atoms with Gasteiger partial charge in [0.05, 0.1) is 11.4 Å². The molecule has 1 aliphatic heterocycles. The van der Waals surface area contributed by atoms with Gasteiger partial charge in [-0.15, -0.1) is 0 Å². The SMILES string of the molecule is N#Cc1c(F)cccc1N1CCN(C(=O)c2nn(-c3ccc(F)cc3)c3c2CCC3)CC1. The third kappa shape index (κ3) is 3.40. The monoisotopic (exact) mass is 433 g/mol. The number of hydrogen-bond acceptors (Lipinski definition) is 4. The van der Waals surface area contributed by atoms with Crippen molar-refractivity contribution in [2.75, 3.05) is 31.1 Å². The number of carbonyl (C=O) groups is 1. The molecular formula is C24H21F2N5O. The van der Waals surface area contributed by atoms with Crippen LogP contribution < -0.4 is 4.90 Å². The minimum atomic E-state index is -0.537. The molecule has 6 nitrogen and oxygen atoms in total. The second-order valence-electron chi connectivity index (χ2n) is 8.04. The number of fused-ring (bicyclic) bond motifs is 1. The molecule has 3 aromatic rings. The number of nitrogens with zero attached hydrogens (tertiary/aromatic N) is 5. The van der Waals surface area contributed by atoms with E-state index in [2.05, 4.69) is 5.10 Å². The molecule has 0 atom stereocenters. The van der Waals surface area contributed by atoms with Gasteiger partial charge in [0.1, 0.15) is 23.3 Å². The van der Waals surface area contributed by atoms with E-state index in [0.29, 0.717) is 37.6 Å². The summed E-state index contributed by atoms with van der Waals surface area (Å²) < 4.78 is 29.1. The Morgan fingerprint density at radius 2 is 1.75 bits per heavy atom. The van der Waals surface area contributed by atoms with Crippen LogP contribution in [0.25, 0.3) is 5.69 Å². The summed E-state index contributed by atoms with van der Waals surface area (Å²) in [4.78, 5) is 17.0. The summed E-state index contributed by atoms with van der Waals surface area (Å²) >= 11 is 0. The van der Waals surface area contributed by atoms with Crippen LogP contribution in [0, 0.1) is 23.0 Å². The van der Waals surface area contributed by atoms with E-state index < -0.39 is 5.82 Å². The van der Waals surface area contributed by atoms with Gasteiger partial charge in [-0.3, -0.25) is 4.79 Å². The first kappa shape index (κ1) is 20.2. The van der Waals surface area contributed by atoms with E-state index in [1.165, 1.54) is 18.2 Å². The standard InChI is InChI=1S/C24H21F2N5O/c25-16-7-9-17(10-8-16)31-22-6-1-3-18(22)23(28-31)24(32)30-13-11-29(12-14-30)21-5-2-4-20(26)19(21)15-27/h2,4-5,7-10H,1,3,6,11-14H2. The molecule has 0 saturated carbocycles. The molecule has 32 heavy (non-hydrogen) atoms. The van der Waals surface area contributed by atoms with Gasteiger partial charge in [-0.25, -0.2) is 13.5 Å². The largest absolute Gasteiger partial charge is 0.367 e. The van der Waals surface area contributed by atoms with Gasteiger partial charge < -0.3 is 9.80 Å². The maximum atomic E-state index is 14.0. The van der Waals surface area contributed by atoms with Crippen molar-refractivity contribution in [3.05, 3.63) is 76.6 Å². The number of anilines is 1. The van der Waals surface area contributed by atoms with Gasteiger partial charge in [0.15, 0.2) is 5.69 Å². The van der Waals surface area contributed by atoms with Gasteiger partial charge in [0.25, 0.3) is 5.91 Å². The van der Waals surface area contributed by atoms with Crippen molar-refractivity contribution in [3.8, 4) is 11.8 Å². The van der Waals surface area contributed by atoms with Crippen LogP contribution in [0.3, 0.4) is 0 Å². The maximum Gasteiger partial charge on any atom is 0.274 e.